The lowest BCUT2D eigenvalue weighted by Gasteiger charge is -2.10. The van der Waals surface area contributed by atoms with Gasteiger partial charge in [-0.1, -0.05) is 30.3 Å². The lowest BCUT2D eigenvalue weighted by atomic mass is 10.2. The zero-order valence-electron chi connectivity index (χ0n) is 7.34. The third-order valence-electron chi connectivity index (χ3n) is 1.60. The molecule has 76 valence electrons. The number of halogens is 2. The predicted octanol–water partition coefficient (Wildman–Crippen LogP) is 0.854. The van der Waals surface area contributed by atoms with Crippen LogP contribution in [-0.4, -0.2) is 12.0 Å². The lowest BCUT2D eigenvalue weighted by molar-refractivity contribution is -0.144. The van der Waals surface area contributed by atoms with E-state index in [2.05, 4.69) is 5.73 Å². The SMILES string of the molecule is NC(F)(F)C(=O)NCc1ccccc1. The molecule has 1 amide bonds. The monoisotopic (exact) mass is 200 g/mol. The highest BCUT2D eigenvalue weighted by molar-refractivity contribution is 5.82. The molecule has 0 fully saturated rings. The summed E-state index contributed by atoms with van der Waals surface area (Å²) in [7, 11) is 0. The van der Waals surface area contributed by atoms with E-state index in [0.717, 1.165) is 5.56 Å². The molecule has 0 aliphatic rings. The van der Waals surface area contributed by atoms with Crippen LogP contribution in [0.3, 0.4) is 0 Å². The number of carbonyl (C=O) groups excluding carboxylic acids is 1. The van der Waals surface area contributed by atoms with Crippen LogP contribution in [0.1, 0.15) is 5.56 Å². The molecule has 1 rings (SSSR count). The zero-order valence-corrected chi connectivity index (χ0v) is 7.34. The van der Waals surface area contributed by atoms with Crippen molar-refractivity contribution in [2.24, 2.45) is 5.73 Å². The maximum Gasteiger partial charge on any atom is 0.378 e. The van der Waals surface area contributed by atoms with Crippen molar-refractivity contribution >= 4 is 5.91 Å². The van der Waals surface area contributed by atoms with Crippen molar-refractivity contribution in [3.05, 3.63) is 35.9 Å². The minimum absolute atomic E-state index is 0.0481. The van der Waals surface area contributed by atoms with Crippen LogP contribution < -0.4 is 11.1 Å². The highest BCUT2D eigenvalue weighted by Gasteiger charge is 2.32. The molecule has 0 aromatic heterocycles. The van der Waals surface area contributed by atoms with E-state index in [1.165, 1.54) is 0 Å². The van der Waals surface area contributed by atoms with Gasteiger partial charge in [0.25, 0.3) is 0 Å². The number of hydrogen-bond acceptors (Lipinski definition) is 2. The van der Waals surface area contributed by atoms with Gasteiger partial charge in [-0.25, -0.2) is 0 Å². The Labute approximate surface area is 79.9 Å². The van der Waals surface area contributed by atoms with E-state index >= 15 is 0 Å². The molecule has 0 heterocycles. The topological polar surface area (TPSA) is 55.1 Å². The van der Waals surface area contributed by atoms with Crippen molar-refractivity contribution in [1.82, 2.24) is 5.32 Å². The molecule has 0 radical (unpaired) electrons. The van der Waals surface area contributed by atoms with Crippen LogP contribution in [0.2, 0.25) is 0 Å². The summed E-state index contributed by atoms with van der Waals surface area (Å²) < 4.78 is 24.4. The molecule has 0 saturated carbocycles. The van der Waals surface area contributed by atoms with Crippen LogP contribution >= 0.6 is 0 Å². The number of hydrogen-bond donors (Lipinski definition) is 2. The first-order chi connectivity index (χ1) is 6.50. The minimum Gasteiger partial charge on any atom is -0.346 e. The smallest absolute Gasteiger partial charge is 0.346 e. The molecule has 0 aliphatic heterocycles. The Hall–Kier alpha value is -1.49. The molecule has 3 N–H and O–H groups in total. The van der Waals surface area contributed by atoms with Gasteiger partial charge in [0.2, 0.25) is 0 Å². The highest BCUT2D eigenvalue weighted by atomic mass is 19.3. The van der Waals surface area contributed by atoms with Gasteiger partial charge >= 0.3 is 12.0 Å². The maximum atomic E-state index is 12.2. The van der Waals surface area contributed by atoms with Crippen molar-refractivity contribution in [2.75, 3.05) is 0 Å². The van der Waals surface area contributed by atoms with E-state index in [1.807, 2.05) is 5.32 Å². The molecule has 0 bridgehead atoms. The molecule has 0 unspecified atom stereocenters. The molecule has 0 saturated heterocycles. The van der Waals surface area contributed by atoms with Gasteiger partial charge in [-0.05, 0) is 5.56 Å². The highest BCUT2D eigenvalue weighted by Crippen LogP contribution is 2.04. The number of amides is 1. The average molecular weight is 200 g/mol. The van der Waals surface area contributed by atoms with Gasteiger partial charge in [-0.2, -0.15) is 8.78 Å². The predicted molar refractivity (Wildman–Crippen MR) is 47.4 cm³/mol. The quantitative estimate of drug-likeness (QED) is 0.711. The molecular weight excluding hydrogens is 190 g/mol. The van der Waals surface area contributed by atoms with Crippen LogP contribution in [0.5, 0.6) is 0 Å². The van der Waals surface area contributed by atoms with Gasteiger partial charge in [0, 0.05) is 6.54 Å². The normalized spacial score (nSPS) is 11.1. The van der Waals surface area contributed by atoms with E-state index in [0.29, 0.717) is 0 Å². The van der Waals surface area contributed by atoms with Crippen LogP contribution in [0.4, 0.5) is 8.78 Å². The largest absolute Gasteiger partial charge is 0.378 e. The molecule has 3 nitrogen and oxygen atoms in total. The van der Waals surface area contributed by atoms with E-state index in [9.17, 15) is 13.6 Å². The maximum absolute atomic E-state index is 12.2. The van der Waals surface area contributed by atoms with Gasteiger partial charge in [-0.15, -0.1) is 0 Å². The zero-order chi connectivity index (χ0) is 10.6. The third kappa shape index (κ3) is 3.10. The number of benzene rings is 1. The first kappa shape index (κ1) is 10.6. The fourth-order valence-corrected chi connectivity index (χ4v) is 0.896. The Morgan fingerprint density at radius 2 is 1.93 bits per heavy atom. The van der Waals surface area contributed by atoms with E-state index in [4.69, 9.17) is 0 Å². The average Bonchev–Trinajstić information content (AvgIpc) is 2.14. The van der Waals surface area contributed by atoms with Gasteiger partial charge in [-0.3, -0.25) is 10.5 Å². The number of nitrogens with two attached hydrogens (primary N) is 1. The summed E-state index contributed by atoms with van der Waals surface area (Å²) in [6, 6.07) is 4.92. The Morgan fingerprint density at radius 1 is 1.36 bits per heavy atom. The van der Waals surface area contributed by atoms with Crippen molar-refractivity contribution in [3.8, 4) is 0 Å². The summed E-state index contributed by atoms with van der Waals surface area (Å²) in [4.78, 5) is 10.7. The Balaban J connectivity index is 2.46. The van der Waals surface area contributed by atoms with Gasteiger partial charge < -0.3 is 5.32 Å². The number of carbonyl (C=O) groups is 1. The van der Waals surface area contributed by atoms with Crippen LogP contribution in [0, 0.1) is 0 Å². The molecule has 0 aliphatic carbocycles. The summed E-state index contributed by atoms with van der Waals surface area (Å²) in [6.07, 6.45) is 0. The van der Waals surface area contributed by atoms with Crippen molar-refractivity contribution in [3.63, 3.8) is 0 Å². The summed E-state index contributed by atoms with van der Waals surface area (Å²) in [6.45, 7) is 0.0481. The molecular formula is C9H10F2N2O. The van der Waals surface area contributed by atoms with E-state index in [-0.39, 0.29) is 6.54 Å². The molecule has 14 heavy (non-hydrogen) atoms. The second kappa shape index (κ2) is 4.15. The first-order valence-corrected chi connectivity index (χ1v) is 3.99. The van der Waals surface area contributed by atoms with Crippen molar-refractivity contribution in [2.45, 2.75) is 12.6 Å². The first-order valence-electron chi connectivity index (χ1n) is 3.99. The molecule has 5 heteroatoms. The molecule has 0 atom stereocenters. The van der Waals surface area contributed by atoms with Gasteiger partial charge in [0.05, 0.1) is 0 Å². The summed E-state index contributed by atoms with van der Waals surface area (Å²) >= 11 is 0. The standard InChI is InChI=1S/C9H10F2N2O/c10-9(11,12)8(14)13-6-7-4-2-1-3-5-7/h1-5H,6,12H2,(H,13,14). The van der Waals surface area contributed by atoms with Crippen molar-refractivity contribution in [1.29, 1.82) is 0 Å². The third-order valence-corrected chi connectivity index (χ3v) is 1.60. The fraction of sp³-hybridized carbons (Fsp3) is 0.222. The second-order valence-electron chi connectivity index (χ2n) is 2.79. The van der Waals surface area contributed by atoms with Crippen LogP contribution in [0.25, 0.3) is 0 Å². The summed E-state index contributed by atoms with van der Waals surface area (Å²) in [5.74, 6) is -1.47. The Morgan fingerprint density at radius 3 is 2.43 bits per heavy atom. The van der Waals surface area contributed by atoms with Gasteiger partial charge in [0.1, 0.15) is 0 Å². The molecule has 1 aromatic rings. The Bertz CT molecular complexity index is 308. The number of nitrogens with one attached hydrogen (secondary N) is 1. The lowest BCUT2D eigenvalue weighted by Crippen LogP contribution is -2.46. The fourth-order valence-electron chi connectivity index (χ4n) is 0.896. The van der Waals surface area contributed by atoms with Gasteiger partial charge in [0.15, 0.2) is 0 Å². The van der Waals surface area contributed by atoms with Crippen molar-refractivity contribution < 1.29 is 13.6 Å². The van der Waals surface area contributed by atoms with Crippen LogP contribution in [0.15, 0.2) is 30.3 Å². The summed E-state index contributed by atoms with van der Waals surface area (Å²) in [5, 5.41) is 2.02. The van der Waals surface area contributed by atoms with E-state index in [1.54, 1.807) is 30.3 Å². The van der Waals surface area contributed by atoms with E-state index < -0.39 is 12.0 Å². The Kier molecular flexibility index (Phi) is 3.14. The number of alkyl halides is 2. The summed E-state index contributed by atoms with van der Waals surface area (Å²) in [5.41, 5.74) is 5.04. The molecule has 1 aromatic carbocycles. The minimum atomic E-state index is -3.81. The molecule has 0 spiro atoms. The number of rotatable bonds is 3. The van der Waals surface area contributed by atoms with Crippen LogP contribution in [-0.2, 0) is 11.3 Å². The second-order valence-corrected chi connectivity index (χ2v) is 2.79.